The SMILES string of the molecule is CCc1c[nH]c(=S)n1CCN(C)C. The first-order valence-corrected chi connectivity index (χ1v) is 4.97. The minimum absolute atomic E-state index is 0.832. The molecule has 0 fully saturated rings. The zero-order valence-corrected chi connectivity index (χ0v) is 9.32. The lowest BCUT2D eigenvalue weighted by Crippen LogP contribution is -2.19. The second-order valence-corrected chi connectivity index (χ2v) is 3.78. The fraction of sp³-hybridized carbons (Fsp3) is 0.667. The molecule has 0 saturated carbocycles. The van der Waals surface area contributed by atoms with Crippen LogP contribution < -0.4 is 0 Å². The first kappa shape index (κ1) is 10.5. The van der Waals surface area contributed by atoms with Crippen LogP contribution in [-0.4, -0.2) is 35.1 Å². The van der Waals surface area contributed by atoms with Gasteiger partial charge in [-0.05, 0) is 32.7 Å². The van der Waals surface area contributed by atoms with Crippen LogP contribution in [0.4, 0.5) is 0 Å². The molecule has 13 heavy (non-hydrogen) atoms. The van der Waals surface area contributed by atoms with Crippen molar-refractivity contribution in [2.45, 2.75) is 19.9 Å². The maximum atomic E-state index is 5.18. The predicted octanol–water partition coefficient (Wildman–Crippen LogP) is 1.67. The average Bonchev–Trinajstić information content (AvgIpc) is 2.43. The van der Waals surface area contributed by atoms with Crippen molar-refractivity contribution in [1.82, 2.24) is 14.5 Å². The van der Waals surface area contributed by atoms with Crippen LogP contribution in [-0.2, 0) is 13.0 Å². The smallest absolute Gasteiger partial charge is 0.177 e. The van der Waals surface area contributed by atoms with Crippen LogP contribution in [0.15, 0.2) is 6.20 Å². The summed E-state index contributed by atoms with van der Waals surface area (Å²) in [6.07, 6.45) is 3.03. The number of H-pyrrole nitrogens is 1. The van der Waals surface area contributed by atoms with E-state index in [4.69, 9.17) is 12.2 Å². The molecule has 0 radical (unpaired) electrons. The molecule has 0 aliphatic carbocycles. The van der Waals surface area contributed by atoms with E-state index in [0.717, 1.165) is 24.3 Å². The summed E-state index contributed by atoms with van der Waals surface area (Å²) in [7, 11) is 4.14. The Morgan fingerprint density at radius 2 is 2.23 bits per heavy atom. The van der Waals surface area contributed by atoms with E-state index in [2.05, 4.69) is 35.5 Å². The average molecular weight is 199 g/mol. The lowest BCUT2D eigenvalue weighted by molar-refractivity contribution is 0.380. The molecule has 0 saturated heterocycles. The Balaban J connectivity index is 2.74. The third-order valence-corrected chi connectivity index (χ3v) is 2.43. The van der Waals surface area contributed by atoms with Gasteiger partial charge in [0.2, 0.25) is 0 Å². The highest BCUT2D eigenvalue weighted by Gasteiger charge is 2.01. The number of hydrogen-bond donors (Lipinski definition) is 1. The molecule has 0 bridgehead atoms. The van der Waals surface area contributed by atoms with E-state index in [0.29, 0.717) is 0 Å². The van der Waals surface area contributed by atoms with E-state index in [1.54, 1.807) is 0 Å². The van der Waals surface area contributed by atoms with Crippen LogP contribution in [0.5, 0.6) is 0 Å². The van der Waals surface area contributed by atoms with Crippen LogP contribution in [0, 0.1) is 4.77 Å². The van der Waals surface area contributed by atoms with Gasteiger partial charge in [0.1, 0.15) is 0 Å². The number of rotatable bonds is 4. The summed E-state index contributed by atoms with van der Waals surface area (Å²) in [6, 6.07) is 0. The third kappa shape index (κ3) is 2.67. The second kappa shape index (κ2) is 4.58. The van der Waals surface area contributed by atoms with Crippen LogP contribution >= 0.6 is 12.2 Å². The van der Waals surface area contributed by atoms with Gasteiger partial charge < -0.3 is 14.5 Å². The van der Waals surface area contributed by atoms with Gasteiger partial charge in [0.05, 0.1) is 0 Å². The summed E-state index contributed by atoms with van der Waals surface area (Å²) in [5, 5.41) is 0. The van der Waals surface area contributed by atoms with Crippen molar-refractivity contribution in [1.29, 1.82) is 0 Å². The van der Waals surface area contributed by atoms with E-state index in [9.17, 15) is 0 Å². The first-order chi connectivity index (χ1) is 6.15. The maximum Gasteiger partial charge on any atom is 0.177 e. The number of nitrogens with one attached hydrogen (secondary N) is 1. The molecule has 4 heteroatoms. The fourth-order valence-corrected chi connectivity index (χ4v) is 1.54. The van der Waals surface area contributed by atoms with Crippen molar-refractivity contribution in [2.24, 2.45) is 0 Å². The highest BCUT2D eigenvalue weighted by atomic mass is 32.1. The van der Waals surface area contributed by atoms with Crippen molar-refractivity contribution < 1.29 is 0 Å². The lowest BCUT2D eigenvalue weighted by atomic mass is 10.3. The molecule has 3 nitrogen and oxygen atoms in total. The molecule has 0 unspecified atom stereocenters. The van der Waals surface area contributed by atoms with Crippen LogP contribution in [0.25, 0.3) is 0 Å². The van der Waals surface area contributed by atoms with Gasteiger partial charge >= 0.3 is 0 Å². The Kier molecular flexibility index (Phi) is 3.69. The van der Waals surface area contributed by atoms with E-state index < -0.39 is 0 Å². The monoisotopic (exact) mass is 199 g/mol. The van der Waals surface area contributed by atoms with Gasteiger partial charge in [-0.25, -0.2) is 0 Å². The van der Waals surface area contributed by atoms with Gasteiger partial charge in [0, 0.05) is 25.0 Å². The van der Waals surface area contributed by atoms with Crippen LogP contribution in [0.2, 0.25) is 0 Å². The summed E-state index contributed by atoms with van der Waals surface area (Å²) < 4.78 is 2.99. The molecule has 0 aromatic carbocycles. The van der Waals surface area contributed by atoms with E-state index in [1.807, 2.05) is 6.20 Å². The Labute approximate surface area is 84.4 Å². The molecule has 0 spiro atoms. The Hall–Kier alpha value is -0.610. The minimum Gasteiger partial charge on any atom is -0.337 e. The number of aryl methyl sites for hydroxylation is 1. The molecule has 0 amide bonds. The highest BCUT2D eigenvalue weighted by Crippen LogP contribution is 2.02. The number of aromatic nitrogens is 2. The van der Waals surface area contributed by atoms with Crippen molar-refractivity contribution >= 4 is 12.2 Å². The Morgan fingerprint density at radius 1 is 1.54 bits per heavy atom. The van der Waals surface area contributed by atoms with Gasteiger partial charge in [-0.1, -0.05) is 6.92 Å². The topological polar surface area (TPSA) is 24.0 Å². The lowest BCUT2D eigenvalue weighted by Gasteiger charge is -2.11. The molecule has 74 valence electrons. The number of imidazole rings is 1. The molecule has 1 aromatic rings. The Morgan fingerprint density at radius 3 is 2.77 bits per heavy atom. The van der Waals surface area contributed by atoms with Crippen molar-refractivity contribution in [3.63, 3.8) is 0 Å². The zero-order chi connectivity index (χ0) is 9.84. The van der Waals surface area contributed by atoms with E-state index >= 15 is 0 Å². The van der Waals surface area contributed by atoms with Crippen LogP contribution in [0.1, 0.15) is 12.6 Å². The van der Waals surface area contributed by atoms with E-state index in [-0.39, 0.29) is 0 Å². The molecular formula is C9H17N3S. The standard InChI is InChI=1S/C9H17N3S/c1-4-8-7-10-9(13)12(8)6-5-11(2)3/h7H,4-6H2,1-3H3,(H,10,13). The summed E-state index contributed by atoms with van der Waals surface area (Å²) in [6.45, 7) is 4.14. The highest BCUT2D eigenvalue weighted by molar-refractivity contribution is 7.71. The van der Waals surface area contributed by atoms with Crippen molar-refractivity contribution in [2.75, 3.05) is 20.6 Å². The molecule has 0 aliphatic heterocycles. The van der Waals surface area contributed by atoms with Crippen molar-refractivity contribution in [3.05, 3.63) is 16.7 Å². The van der Waals surface area contributed by atoms with E-state index in [1.165, 1.54) is 5.69 Å². The molecular weight excluding hydrogens is 182 g/mol. The van der Waals surface area contributed by atoms with Crippen LogP contribution in [0.3, 0.4) is 0 Å². The fourth-order valence-electron chi connectivity index (χ4n) is 1.27. The summed E-state index contributed by atoms with van der Waals surface area (Å²) in [5.41, 5.74) is 1.28. The number of nitrogens with zero attached hydrogens (tertiary/aromatic N) is 2. The maximum absolute atomic E-state index is 5.18. The van der Waals surface area contributed by atoms with Crippen molar-refractivity contribution in [3.8, 4) is 0 Å². The predicted molar refractivity (Wildman–Crippen MR) is 57.5 cm³/mol. The molecule has 1 N–H and O–H groups in total. The van der Waals surface area contributed by atoms with Gasteiger partial charge in [-0.15, -0.1) is 0 Å². The molecule has 0 aliphatic rings. The zero-order valence-electron chi connectivity index (χ0n) is 8.50. The molecule has 0 atom stereocenters. The summed E-state index contributed by atoms with van der Waals surface area (Å²) in [5.74, 6) is 0. The second-order valence-electron chi connectivity index (χ2n) is 3.39. The molecule has 1 heterocycles. The first-order valence-electron chi connectivity index (χ1n) is 4.57. The van der Waals surface area contributed by atoms with Gasteiger partial charge in [0.15, 0.2) is 4.77 Å². The Bertz CT molecular complexity index is 311. The van der Waals surface area contributed by atoms with Gasteiger partial charge in [-0.2, -0.15) is 0 Å². The quantitative estimate of drug-likeness (QED) is 0.746. The number of likely N-dealkylation sites (N-methyl/N-ethyl adjacent to an activating group) is 1. The van der Waals surface area contributed by atoms with Gasteiger partial charge in [-0.3, -0.25) is 0 Å². The summed E-state index contributed by atoms with van der Waals surface area (Å²) in [4.78, 5) is 5.23. The minimum atomic E-state index is 0.832. The normalized spacial score (nSPS) is 11.1. The molecule has 1 aromatic heterocycles. The summed E-state index contributed by atoms with van der Waals surface area (Å²) >= 11 is 5.18. The number of aromatic amines is 1. The number of hydrogen-bond acceptors (Lipinski definition) is 2. The van der Waals surface area contributed by atoms with Gasteiger partial charge in [0.25, 0.3) is 0 Å². The molecule has 1 rings (SSSR count). The largest absolute Gasteiger partial charge is 0.337 e. The third-order valence-electron chi connectivity index (χ3n) is 2.09.